The molecule has 1 aromatic carbocycles. The van der Waals surface area contributed by atoms with E-state index < -0.39 is 0 Å². The van der Waals surface area contributed by atoms with Crippen molar-refractivity contribution in [2.24, 2.45) is 0 Å². The molecule has 0 aliphatic rings. The van der Waals surface area contributed by atoms with Crippen LogP contribution in [-0.4, -0.2) is 10.1 Å². The Hall–Kier alpha value is -1.87. The molecule has 94 valence electrons. The molecule has 2 N–H and O–H groups in total. The molecule has 0 radical (unpaired) electrons. The Kier molecular flexibility index (Phi) is 3.95. The highest BCUT2D eigenvalue weighted by atomic mass is 16.3. The SMILES string of the molecule is Cc1ccc(CNCc2nc(C)ccc2O)cc1. The van der Waals surface area contributed by atoms with E-state index in [1.807, 2.05) is 6.92 Å². The molecule has 18 heavy (non-hydrogen) atoms. The number of nitrogens with one attached hydrogen (secondary N) is 1. The summed E-state index contributed by atoms with van der Waals surface area (Å²) in [5.74, 6) is 0.247. The van der Waals surface area contributed by atoms with Gasteiger partial charge in [-0.05, 0) is 31.5 Å². The molecular formula is C15H18N2O. The van der Waals surface area contributed by atoms with Gasteiger partial charge in [0.05, 0.1) is 5.69 Å². The highest BCUT2D eigenvalue weighted by molar-refractivity contribution is 5.27. The second kappa shape index (κ2) is 5.65. The molecule has 0 bridgehead atoms. The van der Waals surface area contributed by atoms with Crippen LogP contribution < -0.4 is 5.32 Å². The molecule has 0 aliphatic heterocycles. The van der Waals surface area contributed by atoms with Crippen LogP contribution in [-0.2, 0) is 13.1 Å². The fraction of sp³-hybridized carbons (Fsp3) is 0.267. The van der Waals surface area contributed by atoms with E-state index in [1.54, 1.807) is 12.1 Å². The third kappa shape index (κ3) is 3.31. The molecule has 1 heterocycles. The zero-order valence-corrected chi connectivity index (χ0v) is 10.8. The number of aromatic hydroxyl groups is 1. The first-order valence-corrected chi connectivity index (χ1v) is 6.07. The molecule has 1 aromatic heterocycles. The van der Waals surface area contributed by atoms with Crippen LogP contribution >= 0.6 is 0 Å². The van der Waals surface area contributed by atoms with Gasteiger partial charge in [-0.15, -0.1) is 0 Å². The maximum atomic E-state index is 9.67. The number of aromatic nitrogens is 1. The van der Waals surface area contributed by atoms with Gasteiger partial charge in [0.15, 0.2) is 0 Å². The molecule has 0 amide bonds. The highest BCUT2D eigenvalue weighted by Gasteiger charge is 2.02. The number of hydrogen-bond acceptors (Lipinski definition) is 3. The van der Waals surface area contributed by atoms with Gasteiger partial charge in [0.1, 0.15) is 5.75 Å². The van der Waals surface area contributed by atoms with Crippen molar-refractivity contribution in [2.45, 2.75) is 26.9 Å². The van der Waals surface area contributed by atoms with Crippen LogP contribution in [0.25, 0.3) is 0 Å². The maximum absolute atomic E-state index is 9.67. The molecule has 0 saturated carbocycles. The quantitative estimate of drug-likeness (QED) is 0.866. The van der Waals surface area contributed by atoms with Gasteiger partial charge in [0, 0.05) is 18.8 Å². The number of rotatable bonds is 4. The molecule has 0 spiro atoms. The molecule has 2 aromatic rings. The minimum Gasteiger partial charge on any atom is -0.506 e. The van der Waals surface area contributed by atoms with Crippen molar-refractivity contribution >= 4 is 0 Å². The second-order valence-corrected chi connectivity index (χ2v) is 4.51. The van der Waals surface area contributed by atoms with E-state index in [-0.39, 0.29) is 5.75 Å². The molecule has 0 saturated heterocycles. The van der Waals surface area contributed by atoms with Crippen molar-refractivity contribution in [3.8, 4) is 5.75 Å². The summed E-state index contributed by atoms with van der Waals surface area (Å²) in [4.78, 5) is 4.31. The van der Waals surface area contributed by atoms with Crippen LogP contribution in [0.5, 0.6) is 5.75 Å². The number of aryl methyl sites for hydroxylation is 2. The van der Waals surface area contributed by atoms with Crippen molar-refractivity contribution in [2.75, 3.05) is 0 Å². The Morgan fingerprint density at radius 2 is 1.72 bits per heavy atom. The van der Waals surface area contributed by atoms with Crippen molar-refractivity contribution in [1.29, 1.82) is 0 Å². The maximum Gasteiger partial charge on any atom is 0.138 e. The molecule has 3 nitrogen and oxygen atoms in total. The van der Waals surface area contributed by atoms with Gasteiger partial charge >= 0.3 is 0 Å². The molecular weight excluding hydrogens is 224 g/mol. The largest absolute Gasteiger partial charge is 0.506 e. The Morgan fingerprint density at radius 1 is 1.00 bits per heavy atom. The van der Waals surface area contributed by atoms with Gasteiger partial charge in [-0.1, -0.05) is 29.8 Å². The van der Waals surface area contributed by atoms with Crippen LogP contribution in [0.15, 0.2) is 36.4 Å². The first kappa shape index (κ1) is 12.6. The minimum absolute atomic E-state index is 0.247. The van der Waals surface area contributed by atoms with Crippen molar-refractivity contribution < 1.29 is 5.11 Å². The minimum atomic E-state index is 0.247. The zero-order valence-electron chi connectivity index (χ0n) is 10.8. The molecule has 0 atom stereocenters. The number of hydrogen-bond donors (Lipinski definition) is 2. The monoisotopic (exact) mass is 242 g/mol. The summed E-state index contributed by atoms with van der Waals surface area (Å²) in [6.07, 6.45) is 0. The Labute approximate surface area is 108 Å². The number of nitrogens with zero attached hydrogens (tertiary/aromatic N) is 1. The van der Waals surface area contributed by atoms with E-state index in [4.69, 9.17) is 0 Å². The van der Waals surface area contributed by atoms with Crippen molar-refractivity contribution in [3.05, 3.63) is 58.9 Å². The Balaban J connectivity index is 1.92. The summed E-state index contributed by atoms with van der Waals surface area (Å²) in [5, 5.41) is 12.9. The van der Waals surface area contributed by atoms with Crippen LogP contribution in [0, 0.1) is 13.8 Å². The number of benzene rings is 1. The van der Waals surface area contributed by atoms with Crippen molar-refractivity contribution in [3.63, 3.8) is 0 Å². The van der Waals surface area contributed by atoms with Gasteiger partial charge in [0.25, 0.3) is 0 Å². The smallest absolute Gasteiger partial charge is 0.138 e. The Morgan fingerprint density at radius 3 is 2.44 bits per heavy atom. The van der Waals surface area contributed by atoms with Gasteiger partial charge in [0.2, 0.25) is 0 Å². The Bertz CT molecular complexity index is 521. The van der Waals surface area contributed by atoms with Crippen LogP contribution in [0.3, 0.4) is 0 Å². The van der Waals surface area contributed by atoms with E-state index in [1.165, 1.54) is 11.1 Å². The second-order valence-electron chi connectivity index (χ2n) is 4.51. The lowest BCUT2D eigenvalue weighted by atomic mass is 10.1. The lowest BCUT2D eigenvalue weighted by molar-refractivity contribution is 0.459. The predicted molar refractivity (Wildman–Crippen MR) is 72.4 cm³/mol. The van der Waals surface area contributed by atoms with Crippen LogP contribution in [0.2, 0.25) is 0 Å². The highest BCUT2D eigenvalue weighted by Crippen LogP contribution is 2.14. The van der Waals surface area contributed by atoms with E-state index in [0.717, 1.165) is 12.2 Å². The summed E-state index contributed by atoms with van der Waals surface area (Å²) in [7, 11) is 0. The van der Waals surface area contributed by atoms with E-state index in [0.29, 0.717) is 12.2 Å². The standard InChI is InChI=1S/C15H18N2O/c1-11-3-6-13(7-4-11)9-16-10-14-15(18)8-5-12(2)17-14/h3-8,16,18H,9-10H2,1-2H3. The lowest BCUT2D eigenvalue weighted by Crippen LogP contribution is -2.14. The summed E-state index contributed by atoms with van der Waals surface area (Å²) < 4.78 is 0. The lowest BCUT2D eigenvalue weighted by Gasteiger charge is -2.07. The van der Waals surface area contributed by atoms with E-state index >= 15 is 0 Å². The van der Waals surface area contributed by atoms with Crippen LogP contribution in [0.1, 0.15) is 22.5 Å². The van der Waals surface area contributed by atoms with Gasteiger partial charge in [-0.25, -0.2) is 0 Å². The molecule has 2 rings (SSSR count). The first-order valence-electron chi connectivity index (χ1n) is 6.07. The molecule has 3 heteroatoms. The number of pyridine rings is 1. The molecule has 0 aliphatic carbocycles. The average molecular weight is 242 g/mol. The van der Waals surface area contributed by atoms with Gasteiger partial charge in [-0.2, -0.15) is 0 Å². The predicted octanol–water partition coefficient (Wildman–Crippen LogP) is 2.69. The van der Waals surface area contributed by atoms with Gasteiger partial charge in [-0.3, -0.25) is 4.98 Å². The first-order chi connectivity index (χ1) is 8.65. The molecule has 0 unspecified atom stereocenters. The fourth-order valence-electron chi connectivity index (χ4n) is 1.76. The van der Waals surface area contributed by atoms with Crippen molar-refractivity contribution in [1.82, 2.24) is 10.3 Å². The zero-order chi connectivity index (χ0) is 13.0. The summed E-state index contributed by atoms with van der Waals surface area (Å²) >= 11 is 0. The summed E-state index contributed by atoms with van der Waals surface area (Å²) in [6.45, 7) is 5.34. The van der Waals surface area contributed by atoms with Crippen LogP contribution in [0.4, 0.5) is 0 Å². The average Bonchev–Trinajstić information content (AvgIpc) is 2.36. The summed E-state index contributed by atoms with van der Waals surface area (Å²) in [5.41, 5.74) is 4.10. The molecule has 0 fully saturated rings. The van der Waals surface area contributed by atoms with E-state index in [2.05, 4.69) is 41.5 Å². The van der Waals surface area contributed by atoms with E-state index in [9.17, 15) is 5.11 Å². The third-order valence-electron chi connectivity index (χ3n) is 2.83. The normalized spacial score (nSPS) is 10.6. The third-order valence-corrected chi connectivity index (χ3v) is 2.83. The fourth-order valence-corrected chi connectivity index (χ4v) is 1.76. The van der Waals surface area contributed by atoms with Gasteiger partial charge < -0.3 is 10.4 Å². The summed E-state index contributed by atoms with van der Waals surface area (Å²) in [6, 6.07) is 11.9. The topological polar surface area (TPSA) is 45.2 Å².